The minimum atomic E-state index is -1.03. The summed E-state index contributed by atoms with van der Waals surface area (Å²) in [5.41, 5.74) is 10.3. The molecule has 2 amide bonds. The molecule has 4 atom stereocenters. The van der Waals surface area contributed by atoms with Gasteiger partial charge >= 0.3 is 6.01 Å². The van der Waals surface area contributed by atoms with Gasteiger partial charge in [0.1, 0.15) is 18.5 Å². The molecule has 0 bridgehead atoms. The van der Waals surface area contributed by atoms with Crippen LogP contribution in [0.1, 0.15) is 60.4 Å². The molecule has 5 aliphatic rings. The number of likely N-dealkylation sites (tertiary alicyclic amines) is 1. The molecule has 1 aromatic carbocycles. The number of amides is 2. The van der Waals surface area contributed by atoms with E-state index in [1.54, 1.807) is 0 Å². The van der Waals surface area contributed by atoms with E-state index in [1.807, 2.05) is 16.8 Å². The number of alkyl halides is 1. The highest BCUT2D eigenvalue weighted by molar-refractivity contribution is 6.04. The van der Waals surface area contributed by atoms with Gasteiger partial charge < -0.3 is 25.6 Å². The summed E-state index contributed by atoms with van der Waals surface area (Å²) in [4.78, 5) is 41.7. The minimum absolute atomic E-state index is 0.0677. The van der Waals surface area contributed by atoms with E-state index in [9.17, 15) is 18.4 Å². The lowest BCUT2D eigenvalue weighted by molar-refractivity contribution is -0.131. The topological polar surface area (TPSA) is 117 Å². The molecule has 2 saturated heterocycles. The van der Waals surface area contributed by atoms with E-state index >= 15 is 0 Å². The minimum Gasteiger partial charge on any atom is -0.462 e. The molecule has 2 aliphatic carbocycles. The molecule has 10 nitrogen and oxygen atoms in total. The molecule has 12 heteroatoms. The number of benzene rings is 1. The van der Waals surface area contributed by atoms with E-state index in [0.29, 0.717) is 55.5 Å². The zero-order valence-electron chi connectivity index (χ0n) is 25.7. The molecule has 4 heterocycles. The van der Waals surface area contributed by atoms with Gasteiger partial charge in [-0.05, 0) is 68.2 Å². The average Bonchev–Trinajstić information content (AvgIpc) is 3.83. The third-order valence-electron chi connectivity index (χ3n) is 10.5. The lowest BCUT2D eigenvalue weighted by atomic mass is 9.64. The van der Waals surface area contributed by atoms with Gasteiger partial charge in [-0.2, -0.15) is 9.97 Å². The lowest BCUT2D eigenvalue weighted by Gasteiger charge is -2.44. The van der Waals surface area contributed by atoms with Crippen LogP contribution < -0.4 is 20.7 Å². The van der Waals surface area contributed by atoms with Gasteiger partial charge in [-0.25, -0.2) is 8.78 Å². The Hall–Kier alpha value is -3.64. The van der Waals surface area contributed by atoms with E-state index in [2.05, 4.69) is 30.1 Å². The van der Waals surface area contributed by atoms with Gasteiger partial charge in [-0.1, -0.05) is 24.8 Å². The highest BCUT2D eigenvalue weighted by Gasteiger charge is 2.49. The molecule has 7 rings (SSSR count). The summed E-state index contributed by atoms with van der Waals surface area (Å²) >= 11 is 0. The Morgan fingerprint density at radius 1 is 1.22 bits per heavy atom. The zero-order valence-corrected chi connectivity index (χ0v) is 25.7. The van der Waals surface area contributed by atoms with Crippen molar-refractivity contribution in [3.63, 3.8) is 0 Å². The van der Waals surface area contributed by atoms with Gasteiger partial charge in [0, 0.05) is 45.2 Å². The second-order valence-corrected chi connectivity index (χ2v) is 13.3. The Balaban J connectivity index is 1.25. The van der Waals surface area contributed by atoms with Gasteiger partial charge in [0.25, 0.3) is 5.91 Å². The molecule has 45 heavy (non-hydrogen) atoms. The van der Waals surface area contributed by atoms with Gasteiger partial charge in [-0.15, -0.1) is 0 Å². The largest absolute Gasteiger partial charge is 0.462 e. The molecular formula is C33H41F2N7O3. The first-order valence-corrected chi connectivity index (χ1v) is 16.1. The van der Waals surface area contributed by atoms with Crippen LogP contribution in [0, 0.1) is 0 Å². The molecule has 3 fully saturated rings. The number of halogens is 2. The van der Waals surface area contributed by atoms with E-state index in [0.717, 1.165) is 18.4 Å². The van der Waals surface area contributed by atoms with Gasteiger partial charge in [0.2, 0.25) is 5.91 Å². The van der Waals surface area contributed by atoms with Crippen molar-refractivity contribution in [1.29, 1.82) is 0 Å². The maximum atomic E-state index is 14.2. The predicted molar refractivity (Wildman–Crippen MR) is 166 cm³/mol. The second kappa shape index (κ2) is 11.6. The van der Waals surface area contributed by atoms with Crippen molar-refractivity contribution in [2.24, 2.45) is 5.73 Å². The molecule has 1 saturated carbocycles. The second-order valence-electron chi connectivity index (χ2n) is 13.3. The van der Waals surface area contributed by atoms with E-state index < -0.39 is 29.4 Å². The summed E-state index contributed by atoms with van der Waals surface area (Å²) in [7, 11) is 1.88. The van der Waals surface area contributed by atoms with E-state index in [1.165, 1.54) is 28.9 Å². The van der Waals surface area contributed by atoms with E-state index in [-0.39, 0.29) is 44.2 Å². The zero-order chi connectivity index (χ0) is 31.5. The highest BCUT2D eigenvalue weighted by Crippen LogP contribution is 2.50. The molecule has 1 unspecified atom stereocenters. The van der Waals surface area contributed by atoms with Crippen molar-refractivity contribution in [2.75, 3.05) is 56.6 Å². The summed E-state index contributed by atoms with van der Waals surface area (Å²) < 4.78 is 34.0. The normalized spacial score (nSPS) is 28.1. The van der Waals surface area contributed by atoms with Crippen LogP contribution >= 0.6 is 0 Å². The van der Waals surface area contributed by atoms with Crippen LogP contribution in [0.15, 0.2) is 30.6 Å². The molecule has 2 aromatic rings. The fraction of sp³-hybridized carbons (Fsp3) is 0.576. The number of hydrogen-bond donors (Lipinski definition) is 2. The lowest BCUT2D eigenvalue weighted by Crippen LogP contribution is -2.58. The number of aromatic nitrogens is 2. The number of likely N-dealkylation sites (N-methyl/N-ethyl adjacent to an activating group) is 1. The molecule has 0 radical (unpaired) electrons. The van der Waals surface area contributed by atoms with Crippen molar-refractivity contribution in [2.45, 2.75) is 74.5 Å². The standard InChI is InChI=1S/C33H41F2N7O3/c1-19(34)30(43)42-12-11-41(17-23(42)15-36)29-28-27(37-32(39-29)45-18-22-13-21(35)16-40(22)2)14-33(31(44)38-28)10-4-6-25-24(20-8-9-20)5-3-7-26(25)33/h3,5,7,20-23H,1,4,6,8-18,36H2,2H3,(H,38,44)/t21-,22+,23+,33?/m1/s1. The number of anilines is 2. The Labute approximate surface area is 262 Å². The summed E-state index contributed by atoms with van der Waals surface area (Å²) in [6.07, 6.45) is 4.84. The van der Waals surface area contributed by atoms with Crippen LogP contribution in [0.5, 0.6) is 6.01 Å². The van der Waals surface area contributed by atoms with Crippen LogP contribution in [0.4, 0.5) is 20.3 Å². The maximum Gasteiger partial charge on any atom is 0.318 e. The van der Waals surface area contributed by atoms with Crippen molar-refractivity contribution < 1.29 is 23.1 Å². The van der Waals surface area contributed by atoms with Crippen LogP contribution in [0.2, 0.25) is 0 Å². The molecule has 1 aromatic heterocycles. The van der Waals surface area contributed by atoms with Gasteiger partial charge in [-0.3, -0.25) is 14.5 Å². The van der Waals surface area contributed by atoms with Crippen molar-refractivity contribution in [3.05, 3.63) is 53.0 Å². The summed E-state index contributed by atoms with van der Waals surface area (Å²) in [5.74, 6) is -0.811. The molecule has 240 valence electrons. The number of fused-ring (bicyclic) bond motifs is 3. The molecule has 1 spiro atoms. The van der Waals surface area contributed by atoms with Crippen LogP contribution in [0.3, 0.4) is 0 Å². The van der Waals surface area contributed by atoms with Crippen molar-refractivity contribution >= 4 is 23.3 Å². The highest BCUT2D eigenvalue weighted by atomic mass is 19.1. The predicted octanol–water partition coefficient (Wildman–Crippen LogP) is 3.00. The van der Waals surface area contributed by atoms with E-state index in [4.69, 9.17) is 20.4 Å². The number of ether oxygens (including phenoxy) is 1. The fourth-order valence-electron chi connectivity index (χ4n) is 7.90. The third-order valence-corrected chi connectivity index (χ3v) is 10.5. The average molecular weight is 622 g/mol. The SMILES string of the molecule is C=C(F)C(=O)N1CCN(c2nc(OC[C@@H]3C[C@@H](F)CN3C)nc3c2NC(=O)C2(CCCc4c(C5CC5)cccc42)C3)C[C@@H]1CN. The van der Waals surface area contributed by atoms with Gasteiger partial charge in [0.05, 0.1) is 17.2 Å². The first-order chi connectivity index (χ1) is 21.7. The first kappa shape index (κ1) is 30.0. The van der Waals surface area contributed by atoms with Crippen molar-refractivity contribution in [3.8, 4) is 6.01 Å². The molecule has 3 N–H and O–H groups in total. The number of nitrogens with zero attached hydrogens (tertiary/aromatic N) is 5. The number of carbonyl (C=O) groups excluding carboxylic acids is 2. The fourth-order valence-corrected chi connectivity index (χ4v) is 7.90. The van der Waals surface area contributed by atoms with Crippen LogP contribution in [-0.4, -0.2) is 96.2 Å². The summed E-state index contributed by atoms with van der Waals surface area (Å²) in [6.45, 7) is 4.69. The van der Waals surface area contributed by atoms with Crippen LogP contribution in [-0.2, 0) is 27.8 Å². The Morgan fingerprint density at radius 2 is 2.04 bits per heavy atom. The number of piperazine rings is 1. The number of hydrogen-bond acceptors (Lipinski definition) is 8. The van der Waals surface area contributed by atoms with Gasteiger partial charge in [0.15, 0.2) is 11.6 Å². The Kier molecular flexibility index (Phi) is 7.76. The smallest absolute Gasteiger partial charge is 0.318 e. The number of nitrogens with one attached hydrogen (secondary N) is 1. The first-order valence-electron chi connectivity index (χ1n) is 16.1. The molecule has 3 aliphatic heterocycles. The Bertz CT molecular complexity index is 1530. The third kappa shape index (κ3) is 5.35. The number of rotatable bonds is 7. The van der Waals surface area contributed by atoms with Crippen LogP contribution in [0.25, 0.3) is 0 Å². The maximum absolute atomic E-state index is 14.2. The van der Waals surface area contributed by atoms with Crippen molar-refractivity contribution in [1.82, 2.24) is 19.8 Å². The molecular weight excluding hydrogens is 580 g/mol. The number of nitrogens with two attached hydrogens (primary N) is 1. The quantitative estimate of drug-likeness (QED) is 0.454. The summed E-state index contributed by atoms with van der Waals surface area (Å²) in [6, 6.07) is 5.97. The number of carbonyl (C=O) groups is 2. The summed E-state index contributed by atoms with van der Waals surface area (Å²) in [5, 5.41) is 3.21. The Morgan fingerprint density at radius 3 is 2.76 bits per heavy atom. The monoisotopic (exact) mass is 621 g/mol.